The topological polar surface area (TPSA) is 77.4 Å². The monoisotopic (exact) mass is 489 g/mol. The Morgan fingerprint density at radius 1 is 0.750 bits per heavy atom. The van der Waals surface area contributed by atoms with Crippen LogP contribution in [-0.4, -0.2) is 37.1 Å². The van der Waals surface area contributed by atoms with Gasteiger partial charge in [-0.25, -0.2) is 4.79 Å². The molecule has 0 atom stereocenters. The van der Waals surface area contributed by atoms with Gasteiger partial charge < -0.3 is 19.3 Å². The van der Waals surface area contributed by atoms with Gasteiger partial charge in [0, 0.05) is 12.8 Å². The first-order valence-electron chi connectivity index (χ1n) is 12.6. The lowest BCUT2D eigenvalue weighted by atomic mass is 10.2. The minimum absolute atomic E-state index is 0.256. The highest BCUT2D eigenvalue weighted by molar-refractivity contribution is 5.91. The van der Waals surface area contributed by atoms with Gasteiger partial charge in [0.1, 0.15) is 17.2 Å². The van der Waals surface area contributed by atoms with Crippen molar-refractivity contribution in [2.45, 2.75) is 45.4 Å². The number of rotatable bonds is 15. The summed E-state index contributed by atoms with van der Waals surface area (Å²) < 4.78 is 16.8. The molecule has 3 aromatic carbocycles. The van der Waals surface area contributed by atoms with Crippen LogP contribution in [-0.2, 0) is 0 Å². The average molecular weight is 490 g/mol. The molecule has 0 saturated carbocycles. The minimum atomic E-state index is -0.418. The SMILES string of the molecule is CCCCOc1ccc(C(=O)Oc2ccc(N=Cc3ccc(OCCCCCCO)cc3)cc2)cc1. The zero-order valence-corrected chi connectivity index (χ0v) is 20.9. The van der Waals surface area contributed by atoms with E-state index in [2.05, 4.69) is 11.9 Å². The summed E-state index contributed by atoms with van der Waals surface area (Å²) in [4.78, 5) is 16.9. The molecule has 6 nitrogen and oxygen atoms in total. The molecule has 0 spiro atoms. The van der Waals surface area contributed by atoms with E-state index < -0.39 is 5.97 Å². The summed E-state index contributed by atoms with van der Waals surface area (Å²) in [6, 6.07) is 21.8. The van der Waals surface area contributed by atoms with Crippen molar-refractivity contribution in [3.63, 3.8) is 0 Å². The number of aliphatic imine (C=N–C) groups is 1. The number of hydrogen-bond donors (Lipinski definition) is 1. The van der Waals surface area contributed by atoms with Gasteiger partial charge in [0.15, 0.2) is 0 Å². The Balaban J connectivity index is 1.44. The molecule has 0 heterocycles. The maximum absolute atomic E-state index is 12.4. The maximum Gasteiger partial charge on any atom is 0.343 e. The van der Waals surface area contributed by atoms with Crippen LogP contribution in [0, 0.1) is 0 Å². The largest absolute Gasteiger partial charge is 0.494 e. The Labute approximate surface area is 213 Å². The van der Waals surface area contributed by atoms with Gasteiger partial charge in [-0.05, 0) is 104 Å². The van der Waals surface area contributed by atoms with Crippen LogP contribution in [0.1, 0.15) is 61.4 Å². The van der Waals surface area contributed by atoms with E-state index in [9.17, 15) is 4.79 Å². The molecular weight excluding hydrogens is 454 g/mol. The molecule has 190 valence electrons. The summed E-state index contributed by atoms with van der Waals surface area (Å²) in [6.07, 6.45) is 7.78. The van der Waals surface area contributed by atoms with Crippen molar-refractivity contribution in [2.75, 3.05) is 19.8 Å². The number of unbranched alkanes of at least 4 members (excludes halogenated alkanes) is 4. The maximum atomic E-state index is 12.4. The molecule has 36 heavy (non-hydrogen) atoms. The highest BCUT2D eigenvalue weighted by atomic mass is 16.5. The first-order valence-corrected chi connectivity index (χ1v) is 12.6. The molecule has 0 aliphatic heterocycles. The van der Waals surface area contributed by atoms with E-state index in [0.29, 0.717) is 24.5 Å². The van der Waals surface area contributed by atoms with Crippen LogP contribution in [0.2, 0.25) is 0 Å². The second-order valence-corrected chi connectivity index (χ2v) is 8.42. The van der Waals surface area contributed by atoms with E-state index in [-0.39, 0.29) is 6.61 Å². The van der Waals surface area contributed by atoms with E-state index in [1.165, 1.54) is 0 Å². The third-order valence-corrected chi connectivity index (χ3v) is 5.47. The minimum Gasteiger partial charge on any atom is -0.494 e. The number of carbonyl (C=O) groups is 1. The number of ether oxygens (including phenoxy) is 3. The molecule has 0 saturated heterocycles. The van der Waals surface area contributed by atoms with E-state index in [1.807, 2.05) is 24.3 Å². The second kappa shape index (κ2) is 15.4. The molecule has 0 aliphatic carbocycles. The molecule has 0 fully saturated rings. The molecule has 1 N–H and O–H groups in total. The molecule has 0 aromatic heterocycles. The second-order valence-electron chi connectivity index (χ2n) is 8.42. The van der Waals surface area contributed by atoms with Crippen molar-refractivity contribution in [1.29, 1.82) is 0 Å². The Bertz CT molecular complexity index is 1060. The van der Waals surface area contributed by atoms with E-state index >= 15 is 0 Å². The molecule has 6 heteroatoms. The first kappa shape index (κ1) is 27.0. The van der Waals surface area contributed by atoms with Crippen molar-refractivity contribution < 1.29 is 24.1 Å². The fraction of sp³-hybridized carbons (Fsp3) is 0.333. The lowest BCUT2D eigenvalue weighted by molar-refractivity contribution is 0.0734. The average Bonchev–Trinajstić information content (AvgIpc) is 2.91. The van der Waals surface area contributed by atoms with Gasteiger partial charge in [-0.15, -0.1) is 0 Å². The van der Waals surface area contributed by atoms with Crippen molar-refractivity contribution in [3.05, 3.63) is 83.9 Å². The standard InChI is InChI=1S/C30H35NO5/c1-2-3-21-34-28-16-10-25(11-17-28)30(33)36-29-18-12-26(13-19-29)31-23-24-8-14-27(15-9-24)35-22-7-5-4-6-20-32/h8-19,23,32H,2-7,20-22H2,1H3. The normalized spacial score (nSPS) is 10.9. The molecular formula is C30H35NO5. The number of aliphatic hydroxyl groups excluding tert-OH is 1. The number of hydrogen-bond acceptors (Lipinski definition) is 6. The van der Waals surface area contributed by atoms with E-state index in [1.54, 1.807) is 54.7 Å². The summed E-state index contributed by atoms with van der Waals surface area (Å²) in [5.74, 6) is 1.62. The Morgan fingerprint density at radius 3 is 1.97 bits per heavy atom. The van der Waals surface area contributed by atoms with Gasteiger partial charge in [0.05, 0.1) is 24.5 Å². The molecule has 0 bridgehead atoms. The summed E-state index contributed by atoms with van der Waals surface area (Å²) >= 11 is 0. The molecule has 0 amide bonds. The summed E-state index contributed by atoms with van der Waals surface area (Å²) in [5, 5.41) is 8.79. The van der Waals surface area contributed by atoms with Gasteiger partial charge >= 0.3 is 5.97 Å². The van der Waals surface area contributed by atoms with Crippen LogP contribution >= 0.6 is 0 Å². The molecule has 0 unspecified atom stereocenters. The quantitative estimate of drug-likeness (QED) is 0.110. The summed E-state index contributed by atoms with van der Waals surface area (Å²) in [6.45, 7) is 3.71. The van der Waals surface area contributed by atoms with E-state index in [4.69, 9.17) is 19.3 Å². The predicted octanol–water partition coefficient (Wildman–Crippen LogP) is 6.77. The van der Waals surface area contributed by atoms with Gasteiger partial charge in [-0.3, -0.25) is 4.99 Å². The van der Waals surface area contributed by atoms with Crippen LogP contribution in [0.3, 0.4) is 0 Å². The van der Waals surface area contributed by atoms with Crippen molar-refractivity contribution >= 4 is 17.9 Å². The first-order chi connectivity index (χ1) is 17.7. The van der Waals surface area contributed by atoms with Gasteiger partial charge in [0.2, 0.25) is 0 Å². The van der Waals surface area contributed by atoms with Gasteiger partial charge in [-0.1, -0.05) is 19.8 Å². The number of carbonyl (C=O) groups excluding carboxylic acids is 1. The fourth-order valence-electron chi connectivity index (χ4n) is 3.34. The lowest BCUT2D eigenvalue weighted by Gasteiger charge is -2.07. The predicted molar refractivity (Wildman–Crippen MR) is 143 cm³/mol. The highest BCUT2D eigenvalue weighted by Gasteiger charge is 2.09. The molecule has 3 aromatic rings. The third-order valence-electron chi connectivity index (χ3n) is 5.47. The van der Waals surface area contributed by atoms with Crippen LogP contribution in [0.15, 0.2) is 77.8 Å². The van der Waals surface area contributed by atoms with Crippen LogP contribution < -0.4 is 14.2 Å². The van der Waals surface area contributed by atoms with Gasteiger partial charge in [0.25, 0.3) is 0 Å². The zero-order valence-electron chi connectivity index (χ0n) is 20.9. The van der Waals surface area contributed by atoms with E-state index in [0.717, 1.165) is 61.3 Å². The number of aliphatic hydroxyl groups is 1. The molecule has 3 rings (SSSR count). The fourth-order valence-corrected chi connectivity index (χ4v) is 3.34. The number of esters is 1. The lowest BCUT2D eigenvalue weighted by Crippen LogP contribution is -2.08. The van der Waals surface area contributed by atoms with Crippen LogP contribution in [0.25, 0.3) is 0 Å². The van der Waals surface area contributed by atoms with Crippen molar-refractivity contribution in [1.82, 2.24) is 0 Å². The highest BCUT2D eigenvalue weighted by Crippen LogP contribution is 2.21. The number of nitrogens with zero attached hydrogens (tertiary/aromatic N) is 1. The Hall–Kier alpha value is -3.64. The molecule has 0 radical (unpaired) electrons. The summed E-state index contributed by atoms with van der Waals surface area (Å²) in [5.41, 5.74) is 2.18. The number of benzene rings is 3. The van der Waals surface area contributed by atoms with Gasteiger partial charge in [-0.2, -0.15) is 0 Å². The van der Waals surface area contributed by atoms with Crippen molar-refractivity contribution in [3.8, 4) is 17.2 Å². The Kier molecular flexibility index (Phi) is 11.5. The smallest absolute Gasteiger partial charge is 0.343 e. The summed E-state index contributed by atoms with van der Waals surface area (Å²) in [7, 11) is 0. The zero-order chi connectivity index (χ0) is 25.4. The Morgan fingerprint density at radius 2 is 1.33 bits per heavy atom. The van der Waals surface area contributed by atoms with Crippen molar-refractivity contribution in [2.24, 2.45) is 4.99 Å². The third kappa shape index (κ3) is 9.55. The van der Waals surface area contributed by atoms with Crippen LogP contribution in [0.5, 0.6) is 17.2 Å². The van der Waals surface area contributed by atoms with Crippen LogP contribution in [0.4, 0.5) is 5.69 Å². The molecule has 0 aliphatic rings.